The quantitative estimate of drug-likeness (QED) is 0.422. The Kier molecular flexibility index (Phi) is 3.93. The Morgan fingerprint density at radius 3 is 2.67 bits per heavy atom. The van der Waals surface area contributed by atoms with Gasteiger partial charge in [-0.2, -0.15) is 5.10 Å². The van der Waals surface area contributed by atoms with E-state index in [1.54, 1.807) is 0 Å². The lowest BCUT2D eigenvalue weighted by Crippen LogP contribution is -2.28. The Hall–Kier alpha value is -2.82. The summed E-state index contributed by atoms with van der Waals surface area (Å²) in [7, 11) is 0. The standard InChI is InChI=1S/C10H10N6O4S/c11-10(21)14-13-7-1-2-12-9-6(7)3-5(15(17)18)4-8(9)16(19)20/h3-4,12H,1-2H2,(H3,11,14,21)/b13-7+. The average molecular weight is 310 g/mol. The van der Waals surface area contributed by atoms with Crippen molar-refractivity contribution in [2.24, 2.45) is 10.8 Å². The van der Waals surface area contributed by atoms with Crippen LogP contribution < -0.4 is 16.5 Å². The highest BCUT2D eigenvalue weighted by atomic mass is 32.1. The van der Waals surface area contributed by atoms with E-state index in [-0.39, 0.29) is 27.7 Å². The van der Waals surface area contributed by atoms with Crippen molar-refractivity contribution in [1.82, 2.24) is 5.43 Å². The first-order valence-corrected chi connectivity index (χ1v) is 6.14. The number of hydrogen-bond donors (Lipinski definition) is 3. The number of anilines is 1. The van der Waals surface area contributed by atoms with Gasteiger partial charge in [0.1, 0.15) is 5.69 Å². The van der Waals surface area contributed by atoms with E-state index in [9.17, 15) is 20.2 Å². The van der Waals surface area contributed by atoms with E-state index in [4.69, 9.17) is 5.73 Å². The highest BCUT2D eigenvalue weighted by Crippen LogP contribution is 2.36. The van der Waals surface area contributed by atoms with Crippen molar-refractivity contribution in [3.63, 3.8) is 0 Å². The maximum absolute atomic E-state index is 11.1. The molecule has 21 heavy (non-hydrogen) atoms. The number of rotatable bonds is 3. The molecule has 0 unspecified atom stereocenters. The molecule has 0 saturated carbocycles. The summed E-state index contributed by atoms with van der Waals surface area (Å²) in [6.45, 7) is 0.406. The molecule has 10 nitrogen and oxygen atoms in total. The van der Waals surface area contributed by atoms with Gasteiger partial charge in [-0.05, 0) is 12.2 Å². The second kappa shape index (κ2) is 5.66. The maximum atomic E-state index is 11.1. The molecule has 0 saturated heterocycles. The molecule has 0 spiro atoms. The van der Waals surface area contributed by atoms with Gasteiger partial charge in [0, 0.05) is 24.6 Å². The molecule has 0 aromatic heterocycles. The first kappa shape index (κ1) is 14.6. The van der Waals surface area contributed by atoms with Crippen LogP contribution in [0.3, 0.4) is 0 Å². The molecule has 0 atom stereocenters. The highest BCUT2D eigenvalue weighted by molar-refractivity contribution is 7.80. The number of hydrazone groups is 1. The zero-order valence-electron chi connectivity index (χ0n) is 10.5. The first-order chi connectivity index (χ1) is 9.90. The predicted octanol–water partition coefficient (Wildman–Crippen LogP) is 0.856. The number of nitro benzene ring substituents is 2. The molecule has 1 aliphatic rings. The number of nitro groups is 2. The number of benzene rings is 1. The van der Waals surface area contributed by atoms with Crippen molar-refractivity contribution >= 4 is 40.1 Å². The van der Waals surface area contributed by atoms with Crippen molar-refractivity contribution in [3.8, 4) is 0 Å². The number of nitrogens with one attached hydrogen (secondary N) is 2. The van der Waals surface area contributed by atoms with Crippen LogP contribution in [0.15, 0.2) is 17.2 Å². The van der Waals surface area contributed by atoms with Crippen LogP contribution in [0.5, 0.6) is 0 Å². The van der Waals surface area contributed by atoms with Gasteiger partial charge in [0.25, 0.3) is 11.4 Å². The van der Waals surface area contributed by atoms with Gasteiger partial charge >= 0.3 is 0 Å². The summed E-state index contributed by atoms with van der Waals surface area (Å²) in [5.41, 5.74) is 7.78. The Balaban J connectivity index is 2.61. The minimum absolute atomic E-state index is 0.0671. The molecule has 110 valence electrons. The Morgan fingerprint density at radius 1 is 1.38 bits per heavy atom. The molecule has 11 heteroatoms. The molecule has 0 radical (unpaired) electrons. The molecular weight excluding hydrogens is 300 g/mol. The largest absolute Gasteiger partial charge is 0.379 e. The minimum Gasteiger partial charge on any atom is -0.379 e. The Labute approximate surface area is 123 Å². The van der Waals surface area contributed by atoms with Crippen molar-refractivity contribution in [2.45, 2.75) is 6.42 Å². The lowest BCUT2D eigenvalue weighted by molar-refractivity contribution is -0.393. The van der Waals surface area contributed by atoms with E-state index < -0.39 is 9.85 Å². The van der Waals surface area contributed by atoms with Crippen LogP contribution in [0.2, 0.25) is 0 Å². The molecule has 0 fully saturated rings. The van der Waals surface area contributed by atoms with E-state index in [0.29, 0.717) is 18.7 Å². The van der Waals surface area contributed by atoms with E-state index >= 15 is 0 Å². The molecular formula is C10H10N6O4S. The summed E-state index contributed by atoms with van der Waals surface area (Å²) in [5, 5.41) is 28.7. The summed E-state index contributed by atoms with van der Waals surface area (Å²) in [5.74, 6) is 0. The summed E-state index contributed by atoms with van der Waals surface area (Å²) < 4.78 is 0. The molecule has 0 aliphatic carbocycles. The maximum Gasteiger partial charge on any atom is 0.299 e. The minimum atomic E-state index is -0.694. The van der Waals surface area contributed by atoms with E-state index in [1.807, 2.05) is 0 Å². The fourth-order valence-corrected chi connectivity index (χ4v) is 2.00. The number of nitrogens with two attached hydrogens (primary N) is 1. The van der Waals surface area contributed by atoms with Crippen molar-refractivity contribution < 1.29 is 9.85 Å². The van der Waals surface area contributed by atoms with E-state index in [2.05, 4.69) is 28.1 Å². The third-order valence-corrected chi connectivity index (χ3v) is 2.88. The third-order valence-electron chi connectivity index (χ3n) is 2.79. The zero-order chi connectivity index (χ0) is 15.6. The second-order valence-corrected chi connectivity index (χ2v) is 4.55. The van der Waals surface area contributed by atoms with Crippen molar-refractivity contribution in [3.05, 3.63) is 37.9 Å². The van der Waals surface area contributed by atoms with Gasteiger partial charge in [0.15, 0.2) is 5.11 Å². The molecule has 0 bridgehead atoms. The van der Waals surface area contributed by atoms with Gasteiger partial charge in [-0.25, -0.2) is 0 Å². The van der Waals surface area contributed by atoms with E-state index in [0.717, 1.165) is 6.07 Å². The van der Waals surface area contributed by atoms with Gasteiger partial charge in [0.2, 0.25) is 0 Å². The van der Waals surface area contributed by atoms with Gasteiger partial charge < -0.3 is 11.1 Å². The highest BCUT2D eigenvalue weighted by Gasteiger charge is 2.28. The summed E-state index contributed by atoms with van der Waals surface area (Å²) in [4.78, 5) is 20.6. The van der Waals surface area contributed by atoms with Gasteiger partial charge in [-0.3, -0.25) is 25.7 Å². The second-order valence-electron chi connectivity index (χ2n) is 4.11. The first-order valence-electron chi connectivity index (χ1n) is 5.73. The third kappa shape index (κ3) is 3.02. The van der Waals surface area contributed by atoms with Crippen LogP contribution in [0.25, 0.3) is 0 Å². The molecule has 2 rings (SSSR count). The van der Waals surface area contributed by atoms with Crippen LogP contribution >= 0.6 is 12.2 Å². The Morgan fingerprint density at radius 2 is 2.10 bits per heavy atom. The number of nitrogens with zero attached hydrogens (tertiary/aromatic N) is 3. The number of hydrogen-bond acceptors (Lipinski definition) is 7. The fourth-order valence-electron chi connectivity index (χ4n) is 1.95. The number of thiocarbonyl (C=S) groups is 1. The molecule has 1 aliphatic heterocycles. The topological polar surface area (TPSA) is 149 Å². The lowest BCUT2D eigenvalue weighted by atomic mass is 9.99. The lowest BCUT2D eigenvalue weighted by Gasteiger charge is -2.19. The summed E-state index contributed by atoms with van der Waals surface area (Å²) in [6.07, 6.45) is 0.418. The van der Waals surface area contributed by atoms with Crippen LogP contribution in [-0.4, -0.2) is 27.2 Å². The van der Waals surface area contributed by atoms with Gasteiger partial charge in [-0.15, -0.1) is 0 Å². The van der Waals surface area contributed by atoms with Crippen molar-refractivity contribution in [1.29, 1.82) is 0 Å². The average Bonchev–Trinajstić information content (AvgIpc) is 2.43. The van der Waals surface area contributed by atoms with Gasteiger partial charge in [0.05, 0.1) is 21.6 Å². The fraction of sp³-hybridized carbons (Fsp3) is 0.200. The molecule has 0 amide bonds. The Bertz CT molecular complexity index is 674. The van der Waals surface area contributed by atoms with Crippen molar-refractivity contribution in [2.75, 3.05) is 11.9 Å². The van der Waals surface area contributed by atoms with Crippen LogP contribution in [0.4, 0.5) is 17.1 Å². The van der Waals surface area contributed by atoms with E-state index in [1.165, 1.54) is 6.07 Å². The molecule has 1 aromatic carbocycles. The number of non-ortho nitro benzene ring substituents is 1. The molecule has 1 aromatic rings. The monoisotopic (exact) mass is 310 g/mol. The predicted molar refractivity (Wildman–Crippen MR) is 79.3 cm³/mol. The summed E-state index contributed by atoms with van der Waals surface area (Å²) in [6, 6.07) is 2.14. The number of fused-ring (bicyclic) bond motifs is 1. The summed E-state index contributed by atoms with van der Waals surface area (Å²) >= 11 is 4.62. The van der Waals surface area contributed by atoms with Crippen LogP contribution in [-0.2, 0) is 0 Å². The SMILES string of the molecule is NC(=S)N/N=C1\CCNc2c1cc([N+](=O)[O-])cc2[N+](=O)[O-]. The van der Waals surface area contributed by atoms with Crippen LogP contribution in [0, 0.1) is 20.2 Å². The molecule has 4 N–H and O–H groups in total. The van der Waals surface area contributed by atoms with Gasteiger partial charge in [-0.1, -0.05) is 0 Å². The van der Waals surface area contributed by atoms with Crippen LogP contribution in [0.1, 0.15) is 12.0 Å². The normalized spacial score (nSPS) is 15.0. The zero-order valence-corrected chi connectivity index (χ0v) is 11.3. The smallest absolute Gasteiger partial charge is 0.299 e. The molecule has 1 heterocycles.